The molecule has 30 heavy (non-hydrogen) atoms. The first-order valence-corrected chi connectivity index (χ1v) is 9.14. The van der Waals surface area contributed by atoms with Gasteiger partial charge in [-0.1, -0.05) is 24.3 Å². The van der Waals surface area contributed by atoms with Gasteiger partial charge in [-0.15, -0.1) is 5.10 Å². The van der Waals surface area contributed by atoms with Crippen LogP contribution in [-0.4, -0.2) is 38.9 Å². The molecule has 2 aromatic carbocycles. The van der Waals surface area contributed by atoms with E-state index in [0.29, 0.717) is 29.1 Å². The number of carbonyl (C=O) groups excluding carboxylic acids is 3. The van der Waals surface area contributed by atoms with Gasteiger partial charge in [-0.2, -0.15) is 4.98 Å². The molecule has 0 radical (unpaired) electrons. The van der Waals surface area contributed by atoms with Gasteiger partial charge in [-0.25, -0.2) is 4.39 Å². The van der Waals surface area contributed by atoms with E-state index >= 15 is 0 Å². The standard InChI is InChI=1S/C20H17FN6O3/c21-12-5-3-4-11(8-12)9-16-24-20(27-26-16)25-17(28)10-15-19(30)22-14-7-2-1-6-13(14)18(29)23-15/h1-8,15H,9-10H2,(H,22,30)(H,23,29)(H2,24,25,26,27,28)/t15-/m0/s1. The van der Waals surface area contributed by atoms with Crippen molar-refractivity contribution < 1.29 is 18.8 Å². The van der Waals surface area contributed by atoms with Crippen LogP contribution in [0.5, 0.6) is 0 Å². The molecule has 9 nitrogen and oxygen atoms in total. The summed E-state index contributed by atoms with van der Waals surface area (Å²) in [4.78, 5) is 41.2. The van der Waals surface area contributed by atoms with Gasteiger partial charge in [-0.05, 0) is 29.8 Å². The Bertz CT molecular complexity index is 1130. The zero-order chi connectivity index (χ0) is 21.1. The quantitative estimate of drug-likeness (QED) is 0.510. The smallest absolute Gasteiger partial charge is 0.254 e. The van der Waals surface area contributed by atoms with Gasteiger partial charge < -0.3 is 10.6 Å². The maximum Gasteiger partial charge on any atom is 0.254 e. The third-order valence-electron chi connectivity index (χ3n) is 4.48. The monoisotopic (exact) mass is 408 g/mol. The van der Waals surface area contributed by atoms with Gasteiger partial charge in [0.1, 0.15) is 17.7 Å². The first kappa shape index (κ1) is 19.2. The maximum absolute atomic E-state index is 13.3. The van der Waals surface area contributed by atoms with Gasteiger partial charge in [0.25, 0.3) is 5.91 Å². The molecule has 0 fully saturated rings. The van der Waals surface area contributed by atoms with Crippen molar-refractivity contribution in [2.45, 2.75) is 18.9 Å². The lowest BCUT2D eigenvalue weighted by atomic mass is 10.1. The van der Waals surface area contributed by atoms with E-state index in [4.69, 9.17) is 0 Å². The number of carbonyl (C=O) groups is 3. The second kappa shape index (κ2) is 8.11. The minimum atomic E-state index is -1.05. The molecule has 10 heteroatoms. The molecule has 1 aliphatic rings. The number of H-pyrrole nitrogens is 1. The molecule has 0 bridgehead atoms. The van der Waals surface area contributed by atoms with Crippen LogP contribution < -0.4 is 16.0 Å². The Kier molecular flexibility index (Phi) is 5.21. The molecule has 3 amide bonds. The highest BCUT2D eigenvalue weighted by Crippen LogP contribution is 2.19. The van der Waals surface area contributed by atoms with Crippen LogP contribution in [0.3, 0.4) is 0 Å². The van der Waals surface area contributed by atoms with Crippen molar-refractivity contribution in [1.29, 1.82) is 0 Å². The number of hydrogen-bond donors (Lipinski definition) is 4. The minimum Gasteiger partial charge on any atom is -0.340 e. The lowest BCUT2D eigenvalue weighted by Crippen LogP contribution is -2.43. The lowest BCUT2D eigenvalue weighted by molar-refractivity contribution is -0.122. The fourth-order valence-electron chi connectivity index (χ4n) is 3.09. The number of amides is 3. The SMILES string of the molecule is O=C(C[C@@H]1NC(=O)c2ccccc2NC1=O)Nc1n[nH]c(Cc2cccc(F)c2)n1. The molecule has 0 unspecified atom stereocenters. The summed E-state index contributed by atoms with van der Waals surface area (Å²) in [5, 5.41) is 14.2. The average molecular weight is 408 g/mol. The van der Waals surface area contributed by atoms with Crippen molar-refractivity contribution in [3.05, 3.63) is 71.3 Å². The molecular weight excluding hydrogens is 391 g/mol. The molecule has 4 rings (SSSR count). The summed E-state index contributed by atoms with van der Waals surface area (Å²) in [5.74, 6) is -1.38. The molecule has 0 saturated heterocycles. The molecule has 1 aromatic heterocycles. The van der Waals surface area contributed by atoms with Crippen LogP contribution in [0.25, 0.3) is 0 Å². The molecule has 1 atom stereocenters. The lowest BCUT2D eigenvalue weighted by Gasteiger charge is -2.13. The summed E-state index contributed by atoms with van der Waals surface area (Å²) in [6.45, 7) is 0. The summed E-state index contributed by atoms with van der Waals surface area (Å²) in [6.07, 6.45) is 0.0132. The van der Waals surface area contributed by atoms with Crippen LogP contribution in [0.1, 0.15) is 28.2 Å². The van der Waals surface area contributed by atoms with E-state index < -0.39 is 23.8 Å². The van der Waals surface area contributed by atoms with E-state index in [0.717, 1.165) is 0 Å². The maximum atomic E-state index is 13.3. The van der Waals surface area contributed by atoms with Crippen molar-refractivity contribution in [3.8, 4) is 0 Å². The highest BCUT2D eigenvalue weighted by atomic mass is 19.1. The molecule has 3 aromatic rings. The highest BCUT2D eigenvalue weighted by Gasteiger charge is 2.29. The topological polar surface area (TPSA) is 129 Å². The number of fused-ring (bicyclic) bond motifs is 1. The van der Waals surface area contributed by atoms with Crippen LogP contribution in [0.15, 0.2) is 48.5 Å². The molecule has 0 spiro atoms. The number of benzene rings is 2. The zero-order valence-electron chi connectivity index (χ0n) is 15.6. The fraction of sp³-hybridized carbons (Fsp3) is 0.150. The molecule has 4 N–H and O–H groups in total. The van der Waals surface area contributed by atoms with Gasteiger partial charge in [0.05, 0.1) is 17.7 Å². The highest BCUT2D eigenvalue weighted by molar-refractivity contribution is 6.11. The van der Waals surface area contributed by atoms with E-state index in [1.165, 1.54) is 12.1 Å². The van der Waals surface area contributed by atoms with Crippen molar-refractivity contribution in [1.82, 2.24) is 20.5 Å². The van der Waals surface area contributed by atoms with Crippen LogP contribution >= 0.6 is 0 Å². The Balaban J connectivity index is 1.37. The van der Waals surface area contributed by atoms with Crippen molar-refractivity contribution >= 4 is 29.4 Å². The number of rotatable bonds is 5. The second-order valence-corrected chi connectivity index (χ2v) is 6.73. The van der Waals surface area contributed by atoms with Crippen molar-refractivity contribution in [2.75, 3.05) is 10.6 Å². The Morgan fingerprint density at radius 3 is 2.80 bits per heavy atom. The summed E-state index contributed by atoms with van der Waals surface area (Å²) in [7, 11) is 0. The van der Waals surface area contributed by atoms with Gasteiger partial charge in [0.2, 0.25) is 17.8 Å². The Hall–Kier alpha value is -4.08. The third kappa shape index (κ3) is 4.32. The molecule has 152 valence electrons. The minimum absolute atomic E-state index is 0.0232. The summed E-state index contributed by atoms with van der Waals surface area (Å²) >= 11 is 0. The Morgan fingerprint density at radius 1 is 1.13 bits per heavy atom. The molecule has 0 aliphatic carbocycles. The van der Waals surface area contributed by atoms with E-state index in [-0.39, 0.29) is 18.2 Å². The van der Waals surface area contributed by atoms with Gasteiger partial charge in [0, 0.05) is 6.42 Å². The third-order valence-corrected chi connectivity index (χ3v) is 4.48. The summed E-state index contributed by atoms with van der Waals surface area (Å²) in [6, 6.07) is 11.6. The Morgan fingerprint density at radius 2 is 1.97 bits per heavy atom. The number of aromatic amines is 1. The van der Waals surface area contributed by atoms with E-state index in [2.05, 4.69) is 31.1 Å². The number of nitrogens with zero attached hydrogens (tertiary/aromatic N) is 2. The van der Waals surface area contributed by atoms with Gasteiger partial charge >= 0.3 is 0 Å². The first-order chi connectivity index (χ1) is 14.5. The summed E-state index contributed by atoms with van der Waals surface area (Å²) in [5.41, 5.74) is 1.41. The number of hydrogen-bond acceptors (Lipinski definition) is 5. The molecule has 0 saturated carbocycles. The van der Waals surface area contributed by atoms with Gasteiger partial charge in [0.15, 0.2) is 0 Å². The molecule has 1 aliphatic heterocycles. The normalized spacial score (nSPS) is 15.6. The van der Waals surface area contributed by atoms with E-state index in [1.54, 1.807) is 36.4 Å². The number of halogens is 1. The summed E-state index contributed by atoms with van der Waals surface area (Å²) < 4.78 is 13.3. The number of nitrogens with one attached hydrogen (secondary N) is 4. The molecule has 2 heterocycles. The first-order valence-electron chi connectivity index (χ1n) is 9.14. The van der Waals surface area contributed by atoms with Crippen molar-refractivity contribution in [2.24, 2.45) is 0 Å². The predicted molar refractivity (Wildman–Crippen MR) is 105 cm³/mol. The van der Waals surface area contributed by atoms with Crippen molar-refractivity contribution in [3.63, 3.8) is 0 Å². The number of aromatic nitrogens is 3. The molecular formula is C20H17FN6O3. The fourth-order valence-corrected chi connectivity index (χ4v) is 3.09. The van der Waals surface area contributed by atoms with Crippen LogP contribution in [-0.2, 0) is 16.0 Å². The Labute approximate surface area is 170 Å². The van der Waals surface area contributed by atoms with Crippen LogP contribution in [0, 0.1) is 5.82 Å². The van der Waals surface area contributed by atoms with E-state index in [9.17, 15) is 18.8 Å². The zero-order valence-corrected chi connectivity index (χ0v) is 15.6. The van der Waals surface area contributed by atoms with Crippen LogP contribution in [0.4, 0.5) is 16.0 Å². The largest absolute Gasteiger partial charge is 0.340 e. The predicted octanol–water partition coefficient (Wildman–Crippen LogP) is 1.61. The average Bonchev–Trinajstić information content (AvgIpc) is 3.09. The number of anilines is 2. The second-order valence-electron chi connectivity index (χ2n) is 6.73. The van der Waals surface area contributed by atoms with Crippen LogP contribution in [0.2, 0.25) is 0 Å². The van der Waals surface area contributed by atoms with E-state index in [1.807, 2.05) is 0 Å². The van der Waals surface area contributed by atoms with Gasteiger partial charge in [-0.3, -0.25) is 24.8 Å². The number of para-hydroxylation sites is 1.